The molecule has 1 aliphatic heterocycles. The van der Waals surface area contributed by atoms with E-state index < -0.39 is 39.4 Å². The minimum Gasteiger partial charge on any atom is -0.481 e. The van der Waals surface area contributed by atoms with Gasteiger partial charge >= 0.3 is 12.1 Å². The first-order chi connectivity index (χ1) is 11.0. The van der Waals surface area contributed by atoms with E-state index >= 15 is 0 Å². The summed E-state index contributed by atoms with van der Waals surface area (Å²) in [7, 11) is -3.91. The molecule has 1 heterocycles. The Balaban J connectivity index is 2.23. The minimum atomic E-state index is -4.55. The maximum atomic E-state index is 12.7. The maximum Gasteiger partial charge on any atom is 0.416 e. The number of hydrogen-bond donors (Lipinski definition) is 1. The third kappa shape index (κ3) is 4.27. The Bertz CT molecular complexity index is 718. The molecule has 134 valence electrons. The zero-order valence-corrected chi connectivity index (χ0v) is 13.8. The number of rotatable bonds is 4. The molecule has 2 atom stereocenters. The van der Waals surface area contributed by atoms with Gasteiger partial charge in [0.1, 0.15) is 0 Å². The zero-order valence-electron chi connectivity index (χ0n) is 13.0. The van der Waals surface area contributed by atoms with Crippen LogP contribution in [0, 0.1) is 5.92 Å². The number of carbonyl (C=O) groups is 1. The van der Waals surface area contributed by atoms with Crippen molar-refractivity contribution in [2.75, 3.05) is 6.54 Å². The van der Waals surface area contributed by atoms with E-state index in [0.717, 1.165) is 22.5 Å². The lowest BCUT2D eigenvalue weighted by Gasteiger charge is -2.35. The Kier molecular flexibility index (Phi) is 5.24. The van der Waals surface area contributed by atoms with E-state index in [0.29, 0.717) is 12.8 Å². The molecule has 0 saturated carbocycles. The summed E-state index contributed by atoms with van der Waals surface area (Å²) in [6, 6.07) is 3.78. The fourth-order valence-electron chi connectivity index (χ4n) is 2.80. The summed E-state index contributed by atoms with van der Waals surface area (Å²) >= 11 is 0. The third-order valence-corrected chi connectivity index (χ3v) is 6.06. The van der Waals surface area contributed by atoms with Crippen LogP contribution in [0.5, 0.6) is 0 Å². The second kappa shape index (κ2) is 6.72. The lowest BCUT2D eigenvalue weighted by molar-refractivity contribution is -0.143. The summed E-state index contributed by atoms with van der Waals surface area (Å²) < 4.78 is 64.4. The number of halogens is 3. The highest BCUT2D eigenvalue weighted by Crippen LogP contribution is 2.31. The predicted octanol–water partition coefficient (Wildman–Crippen LogP) is 2.72. The molecule has 0 radical (unpaired) electrons. The lowest BCUT2D eigenvalue weighted by Crippen LogP contribution is -2.47. The van der Waals surface area contributed by atoms with Gasteiger partial charge < -0.3 is 5.11 Å². The number of carboxylic acid groups (broad SMARTS) is 1. The van der Waals surface area contributed by atoms with Crippen molar-refractivity contribution in [3.05, 3.63) is 35.4 Å². The maximum absolute atomic E-state index is 12.7. The second-order valence-electron chi connectivity index (χ2n) is 5.99. The molecular formula is C15H18F3NO4S. The van der Waals surface area contributed by atoms with Crippen LogP contribution in [-0.4, -0.2) is 36.4 Å². The Hall–Kier alpha value is -1.61. The first kappa shape index (κ1) is 18.7. The van der Waals surface area contributed by atoms with Crippen LogP contribution in [0.25, 0.3) is 0 Å². The van der Waals surface area contributed by atoms with Crippen molar-refractivity contribution in [3.63, 3.8) is 0 Å². The molecule has 1 saturated heterocycles. The van der Waals surface area contributed by atoms with E-state index in [1.165, 1.54) is 6.07 Å². The number of aliphatic carboxylic acids is 1. The van der Waals surface area contributed by atoms with Crippen LogP contribution in [0.15, 0.2) is 24.3 Å². The molecule has 0 amide bonds. The van der Waals surface area contributed by atoms with Gasteiger partial charge in [-0.2, -0.15) is 17.5 Å². The van der Waals surface area contributed by atoms with Gasteiger partial charge in [0.15, 0.2) is 0 Å². The van der Waals surface area contributed by atoms with Crippen LogP contribution in [0.2, 0.25) is 0 Å². The van der Waals surface area contributed by atoms with Gasteiger partial charge in [0.25, 0.3) is 0 Å². The van der Waals surface area contributed by atoms with Crippen molar-refractivity contribution in [1.29, 1.82) is 0 Å². The van der Waals surface area contributed by atoms with E-state index in [-0.39, 0.29) is 18.2 Å². The molecule has 2 unspecified atom stereocenters. The van der Waals surface area contributed by atoms with Crippen molar-refractivity contribution in [3.8, 4) is 0 Å². The van der Waals surface area contributed by atoms with Crippen molar-refractivity contribution in [1.82, 2.24) is 4.31 Å². The molecule has 2 rings (SSSR count). The van der Waals surface area contributed by atoms with Gasteiger partial charge in [0, 0.05) is 12.6 Å². The summed E-state index contributed by atoms with van der Waals surface area (Å²) in [5, 5.41) is 9.08. The highest BCUT2D eigenvalue weighted by Gasteiger charge is 2.37. The van der Waals surface area contributed by atoms with Crippen LogP contribution in [0.4, 0.5) is 13.2 Å². The van der Waals surface area contributed by atoms with Crippen LogP contribution in [0.1, 0.15) is 30.9 Å². The van der Waals surface area contributed by atoms with Crippen molar-refractivity contribution < 1.29 is 31.5 Å². The standard InChI is InChI=1S/C15H18F3NO4S/c1-10-5-6-12(14(20)21)8-19(10)24(22,23)9-11-3-2-4-13(7-11)15(16,17)18/h2-4,7,10,12H,5-6,8-9H2,1H3,(H,20,21). The molecule has 24 heavy (non-hydrogen) atoms. The predicted molar refractivity (Wildman–Crippen MR) is 80.6 cm³/mol. The van der Waals surface area contributed by atoms with Gasteiger partial charge in [-0.05, 0) is 31.4 Å². The van der Waals surface area contributed by atoms with E-state index in [4.69, 9.17) is 5.11 Å². The van der Waals surface area contributed by atoms with Gasteiger partial charge in [0.2, 0.25) is 10.0 Å². The normalized spacial score (nSPS) is 23.2. The fourth-order valence-corrected chi connectivity index (χ4v) is 4.62. The van der Waals surface area contributed by atoms with Crippen LogP contribution in [0.3, 0.4) is 0 Å². The molecule has 1 fully saturated rings. The summed E-state index contributed by atoms with van der Waals surface area (Å²) in [5.41, 5.74) is -0.889. The first-order valence-electron chi connectivity index (χ1n) is 7.39. The highest BCUT2D eigenvalue weighted by atomic mass is 32.2. The van der Waals surface area contributed by atoms with Gasteiger partial charge in [-0.15, -0.1) is 0 Å². The number of piperidine rings is 1. The number of sulfonamides is 1. The molecule has 1 N–H and O–H groups in total. The van der Waals surface area contributed by atoms with E-state index in [9.17, 15) is 26.4 Å². The molecule has 0 aliphatic carbocycles. The SMILES string of the molecule is CC1CCC(C(=O)O)CN1S(=O)(=O)Cc1cccc(C(F)(F)F)c1. The van der Waals surface area contributed by atoms with Crippen molar-refractivity contribution in [2.24, 2.45) is 5.92 Å². The molecule has 5 nitrogen and oxygen atoms in total. The Morgan fingerprint density at radius 3 is 2.58 bits per heavy atom. The highest BCUT2D eigenvalue weighted by molar-refractivity contribution is 7.88. The van der Waals surface area contributed by atoms with Crippen LogP contribution >= 0.6 is 0 Å². The number of alkyl halides is 3. The average molecular weight is 365 g/mol. The topological polar surface area (TPSA) is 74.7 Å². The second-order valence-corrected chi connectivity index (χ2v) is 7.91. The van der Waals surface area contributed by atoms with Gasteiger partial charge in [-0.3, -0.25) is 4.79 Å². The first-order valence-corrected chi connectivity index (χ1v) is 9.00. The largest absolute Gasteiger partial charge is 0.481 e. The van der Waals surface area contributed by atoms with Gasteiger partial charge in [-0.25, -0.2) is 8.42 Å². The van der Waals surface area contributed by atoms with Gasteiger partial charge in [-0.1, -0.05) is 18.2 Å². The molecule has 0 aromatic heterocycles. The summed E-state index contributed by atoms with van der Waals surface area (Å²) in [5.74, 6) is -2.45. The summed E-state index contributed by atoms with van der Waals surface area (Å²) in [4.78, 5) is 11.1. The van der Waals surface area contributed by atoms with Crippen LogP contribution < -0.4 is 0 Å². The van der Waals surface area contributed by atoms with E-state index in [2.05, 4.69) is 0 Å². The number of benzene rings is 1. The smallest absolute Gasteiger partial charge is 0.416 e. The minimum absolute atomic E-state index is 0.0227. The molecule has 1 aromatic carbocycles. The monoisotopic (exact) mass is 365 g/mol. The number of nitrogens with zero attached hydrogens (tertiary/aromatic N) is 1. The molecule has 0 spiro atoms. The Labute approximate surface area is 138 Å². The van der Waals surface area contributed by atoms with E-state index in [1.807, 2.05) is 0 Å². The molecule has 1 aromatic rings. The molecule has 0 bridgehead atoms. The Morgan fingerprint density at radius 1 is 1.33 bits per heavy atom. The lowest BCUT2D eigenvalue weighted by atomic mass is 9.96. The van der Waals surface area contributed by atoms with Crippen LogP contribution in [-0.2, 0) is 26.7 Å². The quantitative estimate of drug-likeness (QED) is 0.890. The fraction of sp³-hybridized carbons (Fsp3) is 0.533. The number of hydrogen-bond acceptors (Lipinski definition) is 3. The molecule has 1 aliphatic rings. The average Bonchev–Trinajstić information content (AvgIpc) is 2.46. The summed E-state index contributed by atoms with van der Waals surface area (Å²) in [6.45, 7) is 1.51. The third-order valence-electron chi connectivity index (χ3n) is 4.13. The summed E-state index contributed by atoms with van der Waals surface area (Å²) in [6.07, 6.45) is -3.77. The Morgan fingerprint density at radius 2 is 2.00 bits per heavy atom. The zero-order chi connectivity index (χ0) is 18.1. The molecule has 9 heteroatoms. The van der Waals surface area contributed by atoms with E-state index in [1.54, 1.807) is 6.92 Å². The van der Waals surface area contributed by atoms with Crippen molar-refractivity contribution in [2.45, 2.75) is 37.7 Å². The molecular weight excluding hydrogens is 347 g/mol. The van der Waals surface area contributed by atoms with Crippen molar-refractivity contribution >= 4 is 16.0 Å². The van der Waals surface area contributed by atoms with Gasteiger partial charge in [0.05, 0.1) is 17.2 Å². The number of carboxylic acids is 1.